The molecule has 0 radical (unpaired) electrons. The molecule has 9 heteroatoms. The summed E-state index contributed by atoms with van der Waals surface area (Å²) < 4.78 is 10.3. The Morgan fingerprint density at radius 2 is 2.04 bits per heavy atom. The van der Waals surface area contributed by atoms with Gasteiger partial charge in [0.1, 0.15) is 5.82 Å². The molecule has 3 N–H and O–H groups in total. The van der Waals surface area contributed by atoms with Crippen molar-refractivity contribution in [1.29, 1.82) is 0 Å². The SMILES string of the molecule is CCNC(=NCCCOCCOC)NCCNc1ncc(Cl)cc1Cl. The lowest BCUT2D eigenvalue weighted by Gasteiger charge is -2.12. The Morgan fingerprint density at radius 1 is 1.20 bits per heavy atom. The van der Waals surface area contributed by atoms with Gasteiger partial charge in [-0.1, -0.05) is 23.2 Å². The Labute approximate surface area is 159 Å². The molecule has 7 nitrogen and oxygen atoms in total. The van der Waals surface area contributed by atoms with Crippen LogP contribution in [0.15, 0.2) is 17.3 Å². The van der Waals surface area contributed by atoms with Crippen molar-refractivity contribution < 1.29 is 9.47 Å². The van der Waals surface area contributed by atoms with Gasteiger partial charge in [-0.05, 0) is 19.4 Å². The fourth-order valence-electron chi connectivity index (χ4n) is 1.85. The van der Waals surface area contributed by atoms with Crippen molar-refractivity contribution >= 4 is 35.0 Å². The molecule has 0 atom stereocenters. The van der Waals surface area contributed by atoms with E-state index in [0.717, 1.165) is 18.9 Å². The molecule has 0 bridgehead atoms. The van der Waals surface area contributed by atoms with E-state index >= 15 is 0 Å². The van der Waals surface area contributed by atoms with E-state index in [-0.39, 0.29) is 0 Å². The fraction of sp³-hybridized carbons (Fsp3) is 0.625. The Bertz CT molecular complexity index is 517. The number of halogens is 2. The van der Waals surface area contributed by atoms with Gasteiger partial charge in [-0.2, -0.15) is 0 Å². The molecule has 1 aromatic rings. The van der Waals surface area contributed by atoms with Crippen LogP contribution < -0.4 is 16.0 Å². The van der Waals surface area contributed by atoms with Gasteiger partial charge in [-0.3, -0.25) is 4.99 Å². The van der Waals surface area contributed by atoms with Crippen LogP contribution in [-0.2, 0) is 9.47 Å². The molecule has 0 aliphatic carbocycles. The van der Waals surface area contributed by atoms with Gasteiger partial charge in [0.15, 0.2) is 5.96 Å². The number of guanidine groups is 1. The van der Waals surface area contributed by atoms with Crippen molar-refractivity contribution in [3.8, 4) is 0 Å². The van der Waals surface area contributed by atoms with E-state index in [2.05, 4.69) is 25.9 Å². The topological polar surface area (TPSA) is 79.8 Å². The summed E-state index contributed by atoms with van der Waals surface area (Å²) in [4.78, 5) is 8.65. The number of nitrogens with zero attached hydrogens (tertiary/aromatic N) is 2. The Kier molecular flexibility index (Phi) is 12.1. The number of ether oxygens (including phenoxy) is 2. The zero-order valence-corrected chi connectivity index (χ0v) is 16.3. The standard InChI is InChI=1S/C16H27Cl2N5O2/c1-3-19-16(21-5-4-8-25-10-9-24-2)22-7-6-20-15-14(18)11-13(17)12-23-15/h11-12H,3-10H2,1-2H3,(H,20,23)(H2,19,21,22). The molecule has 0 fully saturated rings. The van der Waals surface area contributed by atoms with Crippen LogP contribution in [0.4, 0.5) is 5.82 Å². The van der Waals surface area contributed by atoms with E-state index in [1.807, 2.05) is 6.92 Å². The molecule has 1 aromatic heterocycles. The second-order valence-corrected chi connectivity index (χ2v) is 5.90. The molecule has 0 saturated heterocycles. The average Bonchev–Trinajstić information content (AvgIpc) is 2.59. The van der Waals surface area contributed by atoms with Crippen molar-refractivity contribution in [3.05, 3.63) is 22.3 Å². The molecule has 0 aromatic carbocycles. The van der Waals surface area contributed by atoms with Crippen molar-refractivity contribution in [3.63, 3.8) is 0 Å². The summed E-state index contributed by atoms with van der Waals surface area (Å²) in [5, 5.41) is 10.6. The normalized spacial score (nSPS) is 11.4. The van der Waals surface area contributed by atoms with Gasteiger partial charge < -0.3 is 25.4 Å². The number of hydrogen-bond acceptors (Lipinski definition) is 5. The number of hydrogen-bond donors (Lipinski definition) is 3. The zero-order chi connectivity index (χ0) is 18.3. The smallest absolute Gasteiger partial charge is 0.191 e. The minimum Gasteiger partial charge on any atom is -0.382 e. The number of rotatable bonds is 12. The van der Waals surface area contributed by atoms with Crippen LogP contribution in [0.5, 0.6) is 0 Å². The molecule has 1 rings (SSSR count). The van der Waals surface area contributed by atoms with Gasteiger partial charge in [0.2, 0.25) is 0 Å². The summed E-state index contributed by atoms with van der Waals surface area (Å²) in [5.74, 6) is 1.39. The van der Waals surface area contributed by atoms with E-state index in [4.69, 9.17) is 32.7 Å². The maximum Gasteiger partial charge on any atom is 0.191 e. The third-order valence-electron chi connectivity index (χ3n) is 3.01. The van der Waals surface area contributed by atoms with Gasteiger partial charge in [0.25, 0.3) is 0 Å². The number of methoxy groups -OCH3 is 1. The second-order valence-electron chi connectivity index (χ2n) is 5.06. The molecule has 0 aliphatic rings. The zero-order valence-electron chi connectivity index (χ0n) is 14.8. The van der Waals surface area contributed by atoms with Crippen LogP contribution in [0.3, 0.4) is 0 Å². The molecule has 0 unspecified atom stereocenters. The fourth-order valence-corrected chi connectivity index (χ4v) is 2.30. The predicted octanol–water partition coefficient (Wildman–Crippen LogP) is 2.41. The number of anilines is 1. The molecule has 142 valence electrons. The first kappa shape index (κ1) is 21.8. The van der Waals surface area contributed by atoms with Gasteiger partial charge in [-0.25, -0.2) is 4.98 Å². The largest absolute Gasteiger partial charge is 0.382 e. The first-order valence-electron chi connectivity index (χ1n) is 8.31. The van der Waals surface area contributed by atoms with Crippen LogP contribution in [0, 0.1) is 0 Å². The van der Waals surface area contributed by atoms with Crippen LogP contribution >= 0.6 is 23.2 Å². The van der Waals surface area contributed by atoms with Gasteiger partial charge in [-0.15, -0.1) is 0 Å². The van der Waals surface area contributed by atoms with E-state index in [9.17, 15) is 0 Å². The lowest BCUT2D eigenvalue weighted by atomic mass is 10.4. The van der Waals surface area contributed by atoms with Crippen LogP contribution in [-0.4, -0.2) is 64.1 Å². The second kappa shape index (κ2) is 13.9. The third kappa shape index (κ3) is 10.3. The first-order valence-corrected chi connectivity index (χ1v) is 9.06. The van der Waals surface area contributed by atoms with Crippen LogP contribution in [0.1, 0.15) is 13.3 Å². The minimum atomic E-state index is 0.501. The lowest BCUT2D eigenvalue weighted by Crippen LogP contribution is -2.39. The highest BCUT2D eigenvalue weighted by molar-refractivity contribution is 6.35. The number of nitrogens with one attached hydrogen (secondary N) is 3. The third-order valence-corrected chi connectivity index (χ3v) is 3.51. The van der Waals surface area contributed by atoms with E-state index in [1.54, 1.807) is 19.4 Å². The Balaban J connectivity index is 2.24. The molecule has 1 heterocycles. The van der Waals surface area contributed by atoms with Crippen LogP contribution in [0.2, 0.25) is 10.0 Å². The highest BCUT2D eigenvalue weighted by Crippen LogP contribution is 2.21. The summed E-state index contributed by atoms with van der Waals surface area (Å²) in [6, 6.07) is 1.66. The van der Waals surface area contributed by atoms with Crippen molar-refractivity contribution in [1.82, 2.24) is 15.6 Å². The maximum atomic E-state index is 6.07. The van der Waals surface area contributed by atoms with Gasteiger partial charge in [0, 0.05) is 46.1 Å². The quantitative estimate of drug-likeness (QED) is 0.288. The van der Waals surface area contributed by atoms with Gasteiger partial charge in [0.05, 0.1) is 23.3 Å². The summed E-state index contributed by atoms with van der Waals surface area (Å²) in [6.07, 6.45) is 2.42. The summed E-state index contributed by atoms with van der Waals surface area (Å²) in [6.45, 7) is 6.76. The minimum absolute atomic E-state index is 0.501. The molecule has 0 saturated carbocycles. The van der Waals surface area contributed by atoms with Crippen molar-refractivity contribution in [2.24, 2.45) is 4.99 Å². The highest BCUT2D eigenvalue weighted by atomic mass is 35.5. The molecular formula is C16H27Cl2N5O2. The molecule has 0 spiro atoms. The van der Waals surface area contributed by atoms with E-state index in [1.165, 1.54) is 0 Å². The van der Waals surface area contributed by atoms with Gasteiger partial charge >= 0.3 is 0 Å². The van der Waals surface area contributed by atoms with Crippen molar-refractivity contribution in [2.75, 3.05) is 58.4 Å². The van der Waals surface area contributed by atoms with Crippen LogP contribution in [0.25, 0.3) is 0 Å². The van der Waals surface area contributed by atoms with E-state index in [0.29, 0.717) is 55.3 Å². The lowest BCUT2D eigenvalue weighted by molar-refractivity contribution is 0.0702. The monoisotopic (exact) mass is 391 g/mol. The Morgan fingerprint density at radius 3 is 2.76 bits per heavy atom. The average molecular weight is 392 g/mol. The molecule has 0 aliphatic heterocycles. The first-order chi connectivity index (χ1) is 12.2. The molecule has 25 heavy (non-hydrogen) atoms. The van der Waals surface area contributed by atoms with Crippen molar-refractivity contribution in [2.45, 2.75) is 13.3 Å². The predicted molar refractivity (Wildman–Crippen MR) is 104 cm³/mol. The summed E-state index contributed by atoms with van der Waals surface area (Å²) in [7, 11) is 1.66. The number of aliphatic imine (C=N–C) groups is 1. The molecule has 0 amide bonds. The highest BCUT2D eigenvalue weighted by Gasteiger charge is 2.02. The van der Waals surface area contributed by atoms with E-state index < -0.39 is 0 Å². The number of aromatic nitrogens is 1. The number of pyridine rings is 1. The summed E-state index contributed by atoms with van der Waals surface area (Å²) in [5.41, 5.74) is 0. The molecular weight excluding hydrogens is 365 g/mol. The summed E-state index contributed by atoms with van der Waals surface area (Å²) >= 11 is 11.9. The maximum absolute atomic E-state index is 6.07. The Hall–Kier alpha value is -1.28.